The Morgan fingerprint density at radius 2 is 1.70 bits per heavy atom. The lowest BCUT2D eigenvalue weighted by atomic mass is 10.0. The molecule has 3 amide bonds. The summed E-state index contributed by atoms with van der Waals surface area (Å²) in [6.07, 6.45) is -5.29. The summed E-state index contributed by atoms with van der Waals surface area (Å²) in [5, 5.41) is 5.56. The number of ether oxygens (including phenoxy) is 1. The first-order chi connectivity index (χ1) is 17.5. The molecular formula is C28H28F3N3O3. The van der Waals surface area contributed by atoms with E-state index in [0.717, 1.165) is 17.7 Å². The van der Waals surface area contributed by atoms with Crippen LogP contribution < -0.4 is 15.4 Å². The second-order valence-electron chi connectivity index (χ2n) is 9.33. The van der Waals surface area contributed by atoms with Crippen LogP contribution in [0.15, 0.2) is 66.7 Å². The van der Waals surface area contributed by atoms with Gasteiger partial charge in [0.15, 0.2) is 6.10 Å². The lowest BCUT2D eigenvalue weighted by Crippen LogP contribution is -2.37. The fourth-order valence-corrected chi connectivity index (χ4v) is 4.12. The molecule has 0 radical (unpaired) electrons. The highest BCUT2D eigenvalue weighted by Crippen LogP contribution is 2.32. The quantitative estimate of drug-likeness (QED) is 0.397. The van der Waals surface area contributed by atoms with Crippen molar-refractivity contribution < 1.29 is 27.5 Å². The van der Waals surface area contributed by atoms with Gasteiger partial charge in [0.1, 0.15) is 5.75 Å². The van der Waals surface area contributed by atoms with Crippen LogP contribution in [0.2, 0.25) is 0 Å². The molecule has 37 heavy (non-hydrogen) atoms. The molecule has 0 aliphatic carbocycles. The van der Waals surface area contributed by atoms with Gasteiger partial charge in [-0.3, -0.25) is 4.79 Å². The number of halogens is 3. The van der Waals surface area contributed by atoms with Gasteiger partial charge < -0.3 is 20.3 Å². The first kappa shape index (κ1) is 26.1. The number of alkyl halides is 3. The summed E-state index contributed by atoms with van der Waals surface area (Å²) in [5.74, 6) is 0.515. The normalized spacial score (nSPS) is 15.6. The molecule has 1 aliphatic rings. The summed E-state index contributed by atoms with van der Waals surface area (Å²) in [4.78, 5) is 26.9. The predicted molar refractivity (Wildman–Crippen MR) is 135 cm³/mol. The van der Waals surface area contributed by atoms with E-state index in [9.17, 15) is 22.8 Å². The zero-order valence-electron chi connectivity index (χ0n) is 20.7. The standard InChI is InChI=1S/C28H28F3N3O3/c1-17(2)20-7-9-23(10-8-20)32-27(36)33-24-11-12-25-21(14-24)16-34(26(35)18(3)37-25)15-19-5-4-6-22(13-19)28(29,30)31/h4-14,17-18H,15-16H2,1-3H3,(H2,32,33,36)/t18-/m1/s1. The third-order valence-corrected chi connectivity index (χ3v) is 6.11. The van der Waals surface area contributed by atoms with Gasteiger partial charge in [-0.05, 0) is 66.4 Å². The minimum Gasteiger partial charge on any atom is -0.481 e. The van der Waals surface area contributed by atoms with Gasteiger partial charge in [0.25, 0.3) is 5.91 Å². The highest BCUT2D eigenvalue weighted by molar-refractivity contribution is 5.99. The molecule has 9 heteroatoms. The lowest BCUT2D eigenvalue weighted by Gasteiger charge is -2.22. The van der Waals surface area contributed by atoms with E-state index in [2.05, 4.69) is 24.5 Å². The molecule has 0 bridgehead atoms. The van der Waals surface area contributed by atoms with Crippen LogP contribution in [0.25, 0.3) is 0 Å². The summed E-state index contributed by atoms with van der Waals surface area (Å²) < 4.78 is 45.2. The van der Waals surface area contributed by atoms with Crippen molar-refractivity contribution in [2.24, 2.45) is 0 Å². The molecule has 3 aromatic rings. The summed E-state index contributed by atoms with van der Waals surface area (Å²) in [5.41, 5.74) is 2.51. The Morgan fingerprint density at radius 1 is 1.03 bits per heavy atom. The maximum Gasteiger partial charge on any atom is 0.416 e. The second-order valence-corrected chi connectivity index (χ2v) is 9.33. The molecule has 0 aromatic heterocycles. The fraction of sp³-hybridized carbons (Fsp3) is 0.286. The van der Waals surface area contributed by atoms with Crippen molar-refractivity contribution in [1.29, 1.82) is 0 Å². The Kier molecular flexibility index (Phi) is 7.42. The minimum absolute atomic E-state index is 0.0135. The third-order valence-electron chi connectivity index (χ3n) is 6.11. The van der Waals surface area contributed by atoms with Crippen LogP contribution in [0.4, 0.5) is 29.3 Å². The van der Waals surface area contributed by atoms with Gasteiger partial charge in [-0.25, -0.2) is 4.79 Å². The lowest BCUT2D eigenvalue weighted by molar-refractivity contribution is -0.138. The highest BCUT2D eigenvalue weighted by Gasteiger charge is 2.32. The van der Waals surface area contributed by atoms with Crippen LogP contribution in [0.1, 0.15) is 48.9 Å². The Labute approximate surface area is 213 Å². The maximum atomic E-state index is 13.1. The summed E-state index contributed by atoms with van der Waals surface area (Å²) in [6, 6.07) is 17.1. The van der Waals surface area contributed by atoms with Gasteiger partial charge in [-0.2, -0.15) is 13.2 Å². The molecule has 4 rings (SSSR count). The van der Waals surface area contributed by atoms with Crippen molar-refractivity contribution in [1.82, 2.24) is 4.90 Å². The molecule has 0 spiro atoms. The number of hydrogen-bond acceptors (Lipinski definition) is 3. The number of nitrogens with zero attached hydrogens (tertiary/aromatic N) is 1. The number of nitrogens with one attached hydrogen (secondary N) is 2. The van der Waals surface area contributed by atoms with E-state index >= 15 is 0 Å². The van der Waals surface area contributed by atoms with Gasteiger partial charge in [0, 0.05) is 30.0 Å². The molecule has 2 N–H and O–H groups in total. The van der Waals surface area contributed by atoms with Gasteiger partial charge in [0.2, 0.25) is 0 Å². The summed E-state index contributed by atoms with van der Waals surface area (Å²) in [6.45, 7) is 5.88. The number of hydrogen-bond donors (Lipinski definition) is 2. The van der Waals surface area contributed by atoms with Crippen molar-refractivity contribution in [2.45, 2.75) is 52.1 Å². The summed E-state index contributed by atoms with van der Waals surface area (Å²) >= 11 is 0. The number of anilines is 2. The van der Waals surface area contributed by atoms with Crippen molar-refractivity contribution in [3.63, 3.8) is 0 Å². The topological polar surface area (TPSA) is 70.7 Å². The van der Waals surface area contributed by atoms with E-state index < -0.39 is 23.9 Å². The van der Waals surface area contributed by atoms with Gasteiger partial charge in [-0.15, -0.1) is 0 Å². The third kappa shape index (κ3) is 6.41. The van der Waals surface area contributed by atoms with Gasteiger partial charge >= 0.3 is 12.2 Å². The number of urea groups is 1. The Bertz CT molecular complexity index is 1290. The number of amides is 3. The molecule has 3 aromatic carbocycles. The fourth-order valence-electron chi connectivity index (χ4n) is 4.12. The van der Waals surface area contributed by atoms with Gasteiger partial charge in [-0.1, -0.05) is 38.1 Å². The smallest absolute Gasteiger partial charge is 0.416 e. The van der Waals surface area contributed by atoms with Crippen LogP contribution in [-0.2, 0) is 24.1 Å². The number of fused-ring (bicyclic) bond motifs is 1. The van der Waals surface area contributed by atoms with Crippen LogP contribution in [0.3, 0.4) is 0 Å². The number of carbonyl (C=O) groups excluding carboxylic acids is 2. The molecule has 1 atom stereocenters. The van der Waals surface area contributed by atoms with E-state index in [1.807, 2.05) is 24.3 Å². The van der Waals surface area contributed by atoms with Crippen LogP contribution in [0.5, 0.6) is 5.75 Å². The van der Waals surface area contributed by atoms with E-state index in [1.165, 1.54) is 11.0 Å². The second kappa shape index (κ2) is 10.5. The molecule has 0 unspecified atom stereocenters. The van der Waals surface area contributed by atoms with E-state index in [0.29, 0.717) is 34.2 Å². The average molecular weight is 512 g/mol. The van der Waals surface area contributed by atoms with Crippen molar-refractivity contribution in [3.8, 4) is 5.75 Å². The Balaban J connectivity index is 1.49. The molecule has 0 saturated heterocycles. The summed E-state index contributed by atoms with van der Waals surface area (Å²) in [7, 11) is 0. The molecule has 0 fully saturated rings. The van der Waals surface area contributed by atoms with E-state index in [1.54, 1.807) is 31.2 Å². The van der Waals surface area contributed by atoms with Crippen LogP contribution in [-0.4, -0.2) is 22.9 Å². The molecular weight excluding hydrogens is 483 g/mol. The van der Waals surface area contributed by atoms with Crippen molar-refractivity contribution in [3.05, 3.63) is 89.0 Å². The van der Waals surface area contributed by atoms with Gasteiger partial charge in [0.05, 0.1) is 5.56 Å². The van der Waals surface area contributed by atoms with Crippen molar-refractivity contribution in [2.75, 3.05) is 10.6 Å². The largest absolute Gasteiger partial charge is 0.481 e. The number of rotatable bonds is 5. The molecule has 0 saturated carbocycles. The molecule has 1 aliphatic heterocycles. The van der Waals surface area contributed by atoms with Crippen LogP contribution >= 0.6 is 0 Å². The molecule has 194 valence electrons. The van der Waals surface area contributed by atoms with E-state index in [4.69, 9.17) is 4.74 Å². The van der Waals surface area contributed by atoms with E-state index in [-0.39, 0.29) is 19.0 Å². The number of carbonyl (C=O) groups is 2. The minimum atomic E-state index is -4.47. The molecule has 1 heterocycles. The van der Waals surface area contributed by atoms with Crippen LogP contribution in [0, 0.1) is 0 Å². The zero-order valence-corrected chi connectivity index (χ0v) is 20.7. The number of benzene rings is 3. The first-order valence-electron chi connectivity index (χ1n) is 11.9. The SMILES string of the molecule is CC(C)c1ccc(NC(=O)Nc2ccc3c(c2)CN(Cc2cccc(C(F)(F)F)c2)C(=O)[C@@H](C)O3)cc1. The monoisotopic (exact) mass is 511 g/mol. The first-order valence-corrected chi connectivity index (χ1v) is 11.9. The predicted octanol–water partition coefficient (Wildman–Crippen LogP) is 6.78. The Hall–Kier alpha value is -4.01. The van der Waals surface area contributed by atoms with Crippen molar-refractivity contribution >= 4 is 23.3 Å². The maximum absolute atomic E-state index is 13.1. The Morgan fingerprint density at radius 3 is 2.38 bits per heavy atom. The zero-order chi connectivity index (χ0) is 26.7. The molecule has 6 nitrogen and oxygen atoms in total. The highest BCUT2D eigenvalue weighted by atomic mass is 19.4. The average Bonchev–Trinajstić information content (AvgIpc) is 2.95.